The topological polar surface area (TPSA) is 104 Å². The van der Waals surface area contributed by atoms with E-state index >= 15 is 0 Å². The summed E-state index contributed by atoms with van der Waals surface area (Å²) >= 11 is 0. The first-order valence-electron chi connectivity index (χ1n) is 4.71. The van der Waals surface area contributed by atoms with E-state index in [4.69, 9.17) is 15.9 Å². The molecule has 1 atom stereocenters. The Morgan fingerprint density at radius 3 is 2.81 bits per heavy atom. The molecule has 0 saturated carbocycles. The number of hydrogen-bond acceptors (Lipinski definition) is 5. The Bertz CT molecular complexity index is 609. The quantitative estimate of drug-likeness (QED) is 0.667. The maximum atomic E-state index is 11.7. The van der Waals surface area contributed by atoms with Crippen molar-refractivity contribution < 1.29 is 9.21 Å². The maximum Gasteiger partial charge on any atom is 0.426 e. The number of oxazole rings is 1. The number of rotatable bonds is 1. The normalized spacial score (nSPS) is 12.9. The highest BCUT2D eigenvalue weighted by molar-refractivity contribution is 5.92. The van der Waals surface area contributed by atoms with E-state index in [2.05, 4.69) is 0 Å². The first-order valence-corrected chi connectivity index (χ1v) is 4.71. The van der Waals surface area contributed by atoms with E-state index < -0.39 is 17.7 Å². The number of aromatic nitrogens is 1. The molecule has 0 fully saturated rings. The van der Waals surface area contributed by atoms with Crippen LogP contribution in [-0.4, -0.2) is 16.5 Å². The molecule has 2 rings (SSSR count). The molecule has 0 saturated heterocycles. The zero-order valence-electron chi connectivity index (χ0n) is 8.64. The van der Waals surface area contributed by atoms with Crippen LogP contribution < -0.4 is 17.2 Å². The van der Waals surface area contributed by atoms with Gasteiger partial charge in [-0.15, -0.1) is 0 Å². The third kappa shape index (κ3) is 1.49. The van der Waals surface area contributed by atoms with E-state index in [1.165, 1.54) is 13.0 Å². The summed E-state index contributed by atoms with van der Waals surface area (Å²) in [6, 6.07) is 3.86. The molecule has 1 aromatic heterocycles. The van der Waals surface area contributed by atoms with Gasteiger partial charge in [0, 0.05) is 11.8 Å². The fourth-order valence-electron chi connectivity index (χ4n) is 1.45. The third-order valence-electron chi connectivity index (χ3n) is 2.21. The highest BCUT2D eigenvalue weighted by Crippen LogP contribution is 2.16. The van der Waals surface area contributed by atoms with Crippen LogP contribution in [0.4, 0.5) is 5.69 Å². The van der Waals surface area contributed by atoms with Crippen LogP contribution in [0.15, 0.2) is 27.4 Å². The molecule has 0 aliphatic heterocycles. The lowest BCUT2D eigenvalue weighted by molar-refractivity contribution is 0.0883. The van der Waals surface area contributed by atoms with Crippen LogP contribution in [0, 0.1) is 0 Å². The van der Waals surface area contributed by atoms with Gasteiger partial charge in [-0.05, 0) is 19.1 Å². The number of nitrogens with zero attached hydrogens (tertiary/aromatic N) is 1. The minimum absolute atomic E-state index is 0.277. The molecule has 16 heavy (non-hydrogen) atoms. The Morgan fingerprint density at radius 2 is 2.19 bits per heavy atom. The van der Waals surface area contributed by atoms with Gasteiger partial charge in [0.1, 0.15) is 0 Å². The lowest BCUT2D eigenvalue weighted by Crippen LogP contribution is -2.36. The van der Waals surface area contributed by atoms with Crippen LogP contribution in [0.2, 0.25) is 0 Å². The number of benzene rings is 1. The Hall–Kier alpha value is -2.08. The van der Waals surface area contributed by atoms with Gasteiger partial charge in [0.2, 0.25) is 0 Å². The second-order valence-corrected chi connectivity index (χ2v) is 3.56. The smallest absolute Gasteiger partial charge is 0.407 e. The Kier molecular flexibility index (Phi) is 2.28. The van der Waals surface area contributed by atoms with E-state index in [-0.39, 0.29) is 5.58 Å². The molecule has 0 unspecified atom stereocenters. The van der Waals surface area contributed by atoms with Gasteiger partial charge in [0.15, 0.2) is 5.58 Å². The molecule has 84 valence electrons. The van der Waals surface area contributed by atoms with E-state index in [9.17, 15) is 9.59 Å². The number of nitrogen functional groups attached to an aromatic ring is 1. The van der Waals surface area contributed by atoms with Gasteiger partial charge in [-0.2, -0.15) is 0 Å². The lowest BCUT2D eigenvalue weighted by atomic mass is 10.2. The van der Waals surface area contributed by atoms with Gasteiger partial charge < -0.3 is 15.9 Å². The van der Waals surface area contributed by atoms with Gasteiger partial charge in [0.25, 0.3) is 5.91 Å². The standard InChI is InChI=1S/C10H11N3O3/c1-5(11)9(14)13-7-3-2-6(12)4-8(7)16-10(13)15/h2-5H,11-12H2,1H3/t5-/m0/s1. The molecule has 6 nitrogen and oxygen atoms in total. The van der Waals surface area contributed by atoms with E-state index in [1.54, 1.807) is 12.1 Å². The lowest BCUT2D eigenvalue weighted by Gasteiger charge is -2.03. The molecule has 0 aliphatic rings. The van der Waals surface area contributed by atoms with Gasteiger partial charge in [-0.1, -0.05) is 0 Å². The number of fused-ring (bicyclic) bond motifs is 1. The summed E-state index contributed by atoms with van der Waals surface area (Å²) in [6.07, 6.45) is 0. The molecule has 2 aromatic rings. The zero-order valence-corrected chi connectivity index (χ0v) is 8.64. The molecule has 0 amide bonds. The second kappa shape index (κ2) is 3.49. The summed E-state index contributed by atoms with van der Waals surface area (Å²) in [7, 11) is 0. The molecule has 6 heteroatoms. The van der Waals surface area contributed by atoms with E-state index in [0.29, 0.717) is 11.2 Å². The largest absolute Gasteiger partial charge is 0.426 e. The van der Waals surface area contributed by atoms with Crippen LogP contribution in [0.25, 0.3) is 11.1 Å². The molecule has 0 spiro atoms. The molecule has 1 aromatic carbocycles. The van der Waals surface area contributed by atoms with Crippen molar-refractivity contribution in [2.24, 2.45) is 5.73 Å². The Labute approximate surface area is 90.4 Å². The minimum atomic E-state index is -0.768. The van der Waals surface area contributed by atoms with Crippen LogP contribution >= 0.6 is 0 Å². The first kappa shape index (κ1) is 10.4. The van der Waals surface area contributed by atoms with Crippen molar-refractivity contribution in [2.45, 2.75) is 13.0 Å². The number of anilines is 1. The van der Waals surface area contributed by atoms with Crippen molar-refractivity contribution in [1.29, 1.82) is 0 Å². The SMILES string of the molecule is C[C@H](N)C(=O)n1c(=O)oc2cc(N)ccc21. The second-order valence-electron chi connectivity index (χ2n) is 3.56. The third-order valence-corrected chi connectivity index (χ3v) is 2.21. The molecule has 4 N–H and O–H groups in total. The van der Waals surface area contributed by atoms with Crippen molar-refractivity contribution in [2.75, 3.05) is 5.73 Å². The highest BCUT2D eigenvalue weighted by atomic mass is 16.4. The summed E-state index contributed by atoms with van der Waals surface area (Å²) in [4.78, 5) is 23.1. The van der Waals surface area contributed by atoms with Gasteiger partial charge in [-0.25, -0.2) is 9.36 Å². The van der Waals surface area contributed by atoms with Gasteiger partial charge >= 0.3 is 5.76 Å². The number of hydrogen-bond donors (Lipinski definition) is 2. The molecule has 0 bridgehead atoms. The van der Waals surface area contributed by atoms with E-state index in [1.807, 2.05) is 0 Å². The average molecular weight is 221 g/mol. The predicted octanol–water partition coefficient (Wildman–Crippen LogP) is 0.164. The van der Waals surface area contributed by atoms with Crippen LogP contribution in [0.5, 0.6) is 0 Å². The fourth-order valence-corrected chi connectivity index (χ4v) is 1.45. The monoisotopic (exact) mass is 221 g/mol. The Balaban J connectivity index is 2.75. The number of carbonyl (C=O) groups is 1. The van der Waals surface area contributed by atoms with Gasteiger partial charge in [0.05, 0.1) is 11.6 Å². The van der Waals surface area contributed by atoms with E-state index in [0.717, 1.165) is 4.57 Å². The average Bonchev–Trinajstić information content (AvgIpc) is 2.51. The van der Waals surface area contributed by atoms with Crippen molar-refractivity contribution in [3.05, 3.63) is 28.7 Å². The predicted molar refractivity (Wildman–Crippen MR) is 59.2 cm³/mol. The van der Waals surface area contributed by atoms with Crippen molar-refractivity contribution in [3.8, 4) is 0 Å². The molecular formula is C10H11N3O3. The zero-order chi connectivity index (χ0) is 11.9. The highest BCUT2D eigenvalue weighted by Gasteiger charge is 2.18. The van der Waals surface area contributed by atoms with Crippen molar-refractivity contribution in [1.82, 2.24) is 4.57 Å². The number of carbonyl (C=O) groups excluding carboxylic acids is 1. The first-order chi connectivity index (χ1) is 7.50. The Morgan fingerprint density at radius 1 is 1.50 bits per heavy atom. The molecule has 1 heterocycles. The summed E-state index contributed by atoms with van der Waals surface area (Å²) < 4.78 is 5.82. The van der Waals surface area contributed by atoms with Crippen molar-refractivity contribution >= 4 is 22.7 Å². The van der Waals surface area contributed by atoms with Crippen LogP contribution in [0.3, 0.4) is 0 Å². The van der Waals surface area contributed by atoms with Gasteiger partial charge in [-0.3, -0.25) is 4.79 Å². The summed E-state index contributed by atoms with van der Waals surface area (Å²) in [5.41, 5.74) is 12.1. The maximum absolute atomic E-state index is 11.7. The minimum Gasteiger partial charge on any atom is -0.407 e. The van der Waals surface area contributed by atoms with Crippen molar-refractivity contribution in [3.63, 3.8) is 0 Å². The van der Waals surface area contributed by atoms with Crippen LogP contribution in [-0.2, 0) is 0 Å². The summed E-state index contributed by atoms with van der Waals surface area (Å²) in [5, 5.41) is 0. The summed E-state index contributed by atoms with van der Waals surface area (Å²) in [6.45, 7) is 1.50. The molecule has 0 radical (unpaired) electrons. The molecular weight excluding hydrogens is 210 g/mol. The summed E-state index contributed by atoms with van der Waals surface area (Å²) in [5.74, 6) is -1.25. The number of nitrogens with two attached hydrogens (primary N) is 2. The molecule has 0 aliphatic carbocycles. The fraction of sp³-hybridized carbons (Fsp3) is 0.200. The van der Waals surface area contributed by atoms with Crippen LogP contribution in [0.1, 0.15) is 11.7 Å².